The number of hydrogen-bond acceptors (Lipinski definition) is 13. The van der Waals surface area contributed by atoms with Gasteiger partial charge in [0.1, 0.15) is 13.2 Å². The van der Waals surface area contributed by atoms with Gasteiger partial charge in [-0.05, 0) is 0 Å². The second kappa shape index (κ2) is 17.3. The summed E-state index contributed by atoms with van der Waals surface area (Å²) in [6.45, 7) is 3.33. The van der Waals surface area contributed by atoms with Gasteiger partial charge in [0, 0.05) is 52.6 Å². The van der Waals surface area contributed by atoms with E-state index >= 15 is 0 Å². The third-order valence-electron chi connectivity index (χ3n) is 3.69. The Labute approximate surface area is 191 Å². The van der Waals surface area contributed by atoms with E-state index in [0.29, 0.717) is 0 Å². The Hall–Kier alpha value is -3.22. The number of rotatable bonds is 16. The zero-order chi connectivity index (χ0) is 25.2. The molecule has 0 aromatic heterocycles. The van der Waals surface area contributed by atoms with Crippen molar-refractivity contribution in [3.8, 4) is 0 Å². The molecule has 0 saturated carbocycles. The molecule has 0 rings (SSSR count). The van der Waals surface area contributed by atoms with Crippen molar-refractivity contribution >= 4 is 35.8 Å². The summed E-state index contributed by atoms with van der Waals surface area (Å²) in [5.74, 6) is -3.84. The van der Waals surface area contributed by atoms with Gasteiger partial charge in [-0.25, -0.2) is 9.59 Å². The van der Waals surface area contributed by atoms with Gasteiger partial charge >= 0.3 is 35.8 Å². The Kier molecular flexibility index (Phi) is 15.7. The summed E-state index contributed by atoms with van der Waals surface area (Å²) in [6.07, 6.45) is 0.456. The number of ether oxygens (including phenoxy) is 6. The van der Waals surface area contributed by atoms with Crippen LogP contribution in [0.3, 0.4) is 0 Å². The quantitative estimate of drug-likeness (QED) is 0.222. The fourth-order valence-electron chi connectivity index (χ4n) is 2.24. The van der Waals surface area contributed by atoms with Gasteiger partial charge in [0.15, 0.2) is 13.2 Å². The lowest BCUT2D eigenvalue weighted by molar-refractivity contribution is -0.159. The summed E-state index contributed by atoms with van der Waals surface area (Å²) in [7, 11) is 0. The largest absolute Gasteiger partial charge is 0.466 e. The van der Waals surface area contributed by atoms with E-state index in [1.54, 1.807) is 0 Å². The molecule has 0 aliphatic carbocycles. The van der Waals surface area contributed by atoms with Gasteiger partial charge in [-0.15, -0.1) is 0 Å². The second-order valence-electron chi connectivity index (χ2n) is 6.74. The molecule has 1 N–H and O–H groups in total. The summed E-state index contributed by atoms with van der Waals surface area (Å²) < 4.78 is 29.1. The molecule has 0 fully saturated rings. The van der Waals surface area contributed by atoms with E-state index in [9.17, 15) is 28.8 Å². The van der Waals surface area contributed by atoms with Crippen LogP contribution in [0.5, 0.6) is 0 Å². The van der Waals surface area contributed by atoms with Gasteiger partial charge in [0.25, 0.3) is 0 Å². The first kappa shape index (κ1) is 29.8. The minimum absolute atomic E-state index is 0.0113. The third-order valence-corrected chi connectivity index (χ3v) is 3.69. The molecule has 0 heterocycles. The number of esters is 6. The van der Waals surface area contributed by atoms with Crippen LogP contribution in [0.1, 0.15) is 40.5 Å². The van der Waals surface area contributed by atoms with Crippen LogP contribution in [0.15, 0.2) is 0 Å². The van der Waals surface area contributed by atoms with E-state index < -0.39 is 61.1 Å². The molecular weight excluding hydrogens is 446 g/mol. The Balaban J connectivity index is 4.99. The molecule has 33 heavy (non-hydrogen) atoms. The molecule has 0 bridgehead atoms. The van der Waals surface area contributed by atoms with Crippen molar-refractivity contribution in [2.45, 2.75) is 52.6 Å². The lowest BCUT2D eigenvalue weighted by Crippen LogP contribution is -2.45. The van der Waals surface area contributed by atoms with Crippen LogP contribution in [0.4, 0.5) is 0 Å². The van der Waals surface area contributed by atoms with Crippen LogP contribution in [0.25, 0.3) is 0 Å². The lowest BCUT2D eigenvalue weighted by atomic mass is 10.1. The molecule has 0 radical (unpaired) electrons. The maximum atomic E-state index is 11.7. The van der Waals surface area contributed by atoms with Crippen LogP contribution in [-0.4, -0.2) is 87.5 Å². The Morgan fingerprint density at radius 3 is 1.18 bits per heavy atom. The fraction of sp³-hybridized carbons (Fsp3) is 0.700. The van der Waals surface area contributed by atoms with Crippen LogP contribution >= 0.6 is 0 Å². The molecule has 0 aromatic rings. The summed E-state index contributed by atoms with van der Waals surface area (Å²) in [5, 5.41) is 3.09. The fourth-order valence-corrected chi connectivity index (χ4v) is 2.24. The van der Waals surface area contributed by atoms with Crippen molar-refractivity contribution in [3.05, 3.63) is 0 Å². The normalized spacial score (nSPS) is 12.0. The molecule has 0 aliphatic heterocycles. The number of carbonyl (C=O) groups is 6. The van der Waals surface area contributed by atoms with E-state index in [0.717, 1.165) is 13.8 Å². The predicted octanol–water partition coefficient (Wildman–Crippen LogP) is -0.568. The average Bonchev–Trinajstić information content (AvgIpc) is 2.71. The molecule has 2 unspecified atom stereocenters. The van der Waals surface area contributed by atoms with Gasteiger partial charge in [-0.2, -0.15) is 0 Å². The maximum absolute atomic E-state index is 11.7. The highest BCUT2D eigenvalue weighted by atomic mass is 16.6. The van der Waals surface area contributed by atoms with Gasteiger partial charge in [0.05, 0.1) is 13.2 Å². The lowest BCUT2D eigenvalue weighted by Gasteiger charge is -2.25. The first-order valence-electron chi connectivity index (χ1n) is 10.1. The topological polar surface area (TPSA) is 170 Å². The number of hydrogen-bond donors (Lipinski definition) is 1. The predicted molar refractivity (Wildman–Crippen MR) is 108 cm³/mol. The standard InChI is InChI=1S/C20H31NO12/c1-13(22)28-7-5-17(9-32-19(26)11-30-15(3)24)21-18(6-8-29-14(2)23)10-33-20(27)12-31-16(4)25/h17-18,21H,5-12H2,1-4H3. The van der Waals surface area contributed by atoms with Gasteiger partial charge in [-0.3, -0.25) is 19.2 Å². The van der Waals surface area contributed by atoms with Gasteiger partial charge in [-0.1, -0.05) is 0 Å². The van der Waals surface area contributed by atoms with E-state index in [1.807, 2.05) is 0 Å². The second-order valence-corrected chi connectivity index (χ2v) is 6.74. The molecule has 0 aromatic carbocycles. The van der Waals surface area contributed by atoms with E-state index in [1.165, 1.54) is 13.8 Å². The van der Waals surface area contributed by atoms with E-state index in [2.05, 4.69) is 14.8 Å². The molecule has 0 amide bonds. The van der Waals surface area contributed by atoms with Crippen molar-refractivity contribution in [2.24, 2.45) is 0 Å². The summed E-state index contributed by atoms with van der Waals surface area (Å²) in [4.78, 5) is 67.1. The van der Waals surface area contributed by atoms with Crippen molar-refractivity contribution in [2.75, 3.05) is 39.6 Å². The molecule has 13 heteroatoms. The van der Waals surface area contributed by atoms with E-state index in [4.69, 9.17) is 18.9 Å². The Morgan fingerprint density at radius 1 is 0.545 bits per heavy atom. The van der Waals surface area contributed by atoms with E-state index in [-0.39, 0.29) is 39.3 Å². The average molecular weight is 477 g/mol. The molecule has 188 valence electrons. The van der Waals surface area contributed by atoms with Crippen molar-refractivity contribution in [1.29, 1.82) is 0 Å². The number of nitrogens with one attached hydrogen (secondary N) is 1. The van der Waals surface area contributed by atoms with Crippen LogP contribution in [-0.2, 0) is 57.2 Å². The van der Waals surface area contributed by atoms with Crippen molar-refractivity contribution < 1.29 is 57.2 Å². The minimum Gasteiger partial charge on any atom is -0.466 e. The molecular formula is C20H31NO12. The molecule has 0 spiro atoms. The molecule has 0 saturated heterocycles. The van der Waals surface area contributed by atoms with Crippen LogP contribution in [0.2, 0.25) is 0 Å². The van der Waals surface area contributed by atoms with Gasteiger partial charge in [0.2, 0.25) is 0 Å². The summed E-state index contributed by atoms with van der Waals surface area (Å²) in [6, 6.07) is -1.11. The maximum Gasteiger partial charge on any atom is 0.344 e. The van der Waals surface area contributed by atoms with Crippen LogP contribution < -0.4 is 5.32 Å². The number of carbonyl (C=O) groups excluding carboxylic acids is 6. The highest BCUT2D eigenvalue weighted by Gasteiger charge is 2.20. The summed E-state index contributed by atoms with van der Waals surface area (Å²) >= 11 is 0. The first-order valence-corrected chi connectivity index (χ1v) is 10.1. The highest BCUT2D eigenvalue weighted by Crippen LogP contribution is 2.04. The van der Waals surface area contributed by atoms with Crippen LogP contribution in [0, 0.1) is 0 Å². The van der Waals surface area contributed by atoms with Crippen molar-refractivity contribution in [1.82, 2.24) is 5.32 Å². The first-order chi connectivity index (χ1) is 15.5. The minimum atomic E-state index is -0.784. The molecule has 2 atom stereocenters. The SMILES string of the molecule is CC(=O)OCCC(COC(=O)COC(C)=O)NC(CCOC(C)=O)COC(=O)COC(C)=O. The smallest absolute Gasteiger partial charge is 0.344 e. The zero-order valence-corrected chi connectivity index (χ0v) is 19.2. The monoisotopic (exact) mass is 477 g/mol. The highest BCUT2D eigenvalue weighted by molar-refractivity contribution is 5.75. The zero-order valence-electron chi connectivity index (χ0n) is 19.2. The third kappa shape index (κ3) is 19.2. The van der Waals surface area contributed by atoms with Crippen molar-refractivity contribution in [3.63, 3.8) is 0 Å². The summed E-state index contributed by atoms with van der Waals surface area (Å²) in [5.41, 5.74) is 0. The Bertz CT molecular complexity index is 622. The Morgan fingerprint density at radius 2 is 0.879 bits per heavy atom. The molecule has 13 nitrogen and oxygen atoms in total. The molecule has 0 aliphatic rings. The van der Waals surface area contributed by atoms with Gasteiger partial charge < -0.3 is 33.7 Å².